The van der Waals surface area contributed by atoms with E-state index in [2.05, 4.69) is 20.9 Å². The third kappa shape index (κ3) is 3.18. The van der Waals surface area contributed by atoms with Gasteiger partial charge in [-0.15, -0.1) is 0 Å². The maximum absolute atomic E-state index is 13.4. The second-order valence-corrected chi connectivity index (χ2v) is 5.44. The van der Waals surface area contributed by atoms with Gasteiger partial charge in [-0.2, -0.15) is 0 Å². The monoisotopic (exact) mass is 335 g/mol. The first-order chi connectivity index (χ1) is 8.06. The van der Waals surface area contributed by atoms with Crippen LogP contribution in [-0.4, -0.2) is 4.98 Å². The van der Waals surface area contributed by atoms with E-state index in [0.29, 0.717) is 14.5 Å². The van der Waals surface area contributed by atoms with Gasteiger partial charge in [0.1, 0.15) is 16.7 Å². The third-order valence-corrected chi connectivity index (χ3v) is 4.00. The molecule has 1 nitrogen and oxygen atoms in total. The van der Waals surface area contributed by atoms with Gasteiger partial charge in [0.25, 0.3) is 0 Å². The van der Waals surface area contributed by atoms with Gasteiger partial charge < -0.3 is 0 Å². The number of hydrogen-bond acceptors (Lipinski definition) is 2. The fourth-order valence-corrected chi connectivity index (χ4v) is 2.83. The van der Waals surface area contributed by atoms with E-state index in [1.54, 1.807) is 6.07 Å². The molecular weight excluding hydrogens is 332 g/mol. The summed E-state index contributed by atoms with van der Waals surface area (Å²) in [6.45, 7) is 0. The Kier molecular flexibility index (Phi) is 4.01. The molecule has 2 aromatic rings. The van der Waals surface area contributed by atoms with E-state index < -0.39 is 11.6 Å². The number of benzene rings is 1. The molecule has 1 aromatic heterocycles. The van der Waals surface area contributed by atoms with Crippen molar-refractivity contribution in [1.82, 2.24) is 4.98 Å². The Hall–Kier alpha value is -0.650. The number of hydrogen-bond donors (Lipinski definition) is 0. The van der Waals surface area contributed by atoms with Crippen LogP contribution >= 0.6 is 39.3 Å². The minimum Gasteiger partial charge on any atom is -0.247 e. The van der Waals surface area contributed by atoms with Crippen molar-refractivity contribution in [3.8, 4) is 0 Å². The van der Waals surface area contributed by atoms with Gasteiger partial charge in [-0.1, -0.05) is 23.4 Å². The standard InChI is InChI=1S/C11H5BrClF2NS/c12-8-3-6(13)5-16-11(8)17-10-4-7(14)1-2-9(10)15/h1-5H. The van der Waals surface area contributed by atoms with Crippen molar-refractivity contribution in [3.63, 3.8) is 0 Å². The number of nitrogens with zero attached hydrogens (tertiary/aromatic N) is 1. The van der Waals surface area contributed by atoms with Gasteiger partial charge in [-0.05, 0) is 40.2 Å². The lowest BCUT2D eigenvalue weighted by atomic mass is 10.3. The van der Waals surface area contributed by atoms with Crippen molar-refractivity contribution in [2.24, 2.45) is 0 Å². The van der Waals surface area contributed by atoms with E-state index in [1.807, 2.05) is 0 Å². The second-order valence-electron chi connectivity index (χ2n) is 3.12. The Morgan fingerprint density at radius 1 is 1.24 bits per heavy atom. The largest absolute Gasteiger partial charge is 0.247 e. The van der Waals surface area contributed by atoms with Crippen LogP contribution in [-0.2, 0) is 0 Å². The summed E-state index contributed by atoms with van der Waals surface area (Å²) in [5.74, 6) is -0.973. The Bertz CT molecular complexity index is 565. The number of halogens is 4. The Labute approximate surface area is 114 Å². The van der Waals surface area contributed by atoms with E-state index in [4.69, 9.17) is 11.6 Å². The molecule has 0 amide bonds. The number of aromatic nitrogens is 1. The van der Waals surface area contributed by atoms with E-state index >= 15 is 0 Å². The fraction of sp³-hybridized carbons (Fsp3) is 0. The Morgan fingerprint density at radius 2 is 2.00 bits per heavy atom. The van der Waals surface area contributed by atoms with Crippen LogP contribution in [0.25, 0.3) is 0 Å². The van der Waals surface area contributed by atoms with Crippen molar-refractivity contribution in [2.45, 2.75) is 9.92 Å². The summed E-state index contributed by atoms with van der Waals surface area (Å²) in [6.07, 6.45) is 1.45. The highest BCUT2D eigenvalue weighted by atomic mass is 79.9. The molecular formula is C11H5BrClF2NS. The summed E-state index contributed by atoms with van der Waals surface area (Å²) in [6, 6.07) is 4.93. The minimum atomic E-state index is -0.487. The smallest absolute Gasteiger partial charge is 0.137 e. The molecule has 0 bridgehead atoms. The lowest BCUT2D eigenvalue weighted by Gasteiger charge is -2.04. The van der Waals surface area contributed by atoms with Gasteiger partial charge in [0.05, 0.1) is 14.4 Å². The van der Waals surface area contributed by atoms with Crippen molar-refractivity contribution < 1.29 is 8.78 Å². The zero-order valence-electron chi connectivity index (χ0n) is 8.25. The zero-order valence-corrected chi connectivity index (χ0v) is 11.4. The van der Waals surface area contributed by atoms with Crippen LogP contribution in [0.1, 0.15) is 0 Å². The molecule has 0 radical (unpaired) electrons. The Morgan fingerprint density at radius 3 is 2.71 bits per heavy atom. The van der Waals surface area contributed by atoms with E-state index in [1.165, 1.54) is 6.20 Å². The van der Waals surface area contributed by atoms with Crippen LogP contribution in [0.4, 0.5) is 8.78 Å². The van der Waals surface area contributed by atoms with Crippen LogP contribution in [0.15, 0.2) is 44.9 Å². The Balaban J connectivity index is 2.34. The summed E-state index contributed by atoms with van der Waals surface area (Å²) in [5.41, 5.74) is 0. The van der Waals surface area contributed by atoms with Crippen molar-refractivity contribution in [2.75, 3.05) is 0 Å². The minimum absolute atomic E-state index is 0.181. The summed E-state index contributed by atoms with van der Waals surface area (Å²) in [4.78, 5) is 4.22. The molecule has 0 aliphatic heterocycles. The molecule has 0 saturated carbocycles. The molecule has 17 heavy (non-hydrogen) atoms. The lowest BCUT2D eigenvalue weighted by Crippen LogP contribution is -1.86. The second kappa shape index (κ2) is 5.33. The van der Waals surface area contributed by atoms with Crippen molar-refractivity contribution in [3.05, 3.63) is 51.6 Å². The third-order valence-electron chi connectivity index (χ3n) is 1.87. The van der Waals surface area contributed by atoms with Gasteiger partial charge in [0.15, 0.2) is 0 Å². The predicted octanol–water partition coefficient (Wildman–Crippen LogP) is 4.93. The molecule has 0 unspecified atom stereocenters. The summed E-state index contributed by atoms with van der Waals surface area (Å²) in [5, 5.41) is 1.000. The van der Waals surface area contributed by atoms with Crippen LogP contribution in [0.3, 0.4) is 0 Å². The highest BCUT2D eigenvalue weighted by Crippen LogP contribution is 2.34. The molecule has 2 rings (SSSR count). The van der Waals surface area contributed by atoms with Crippen LogP contribution in [0.5, 0.6) is 0 Å². The van der Waals surface area contributed by atoms with E-state index in [9.17, 15) is 8.78 Å². The maximum atomic E-state index is 13.4. The van der Waals surface area contributed by atoms with Gasteiger partial charge >= 0.3 is 0 Å². The SMILES string of the molecule is Fc1ccc(F)c(Sc2ncc(Cl)cc2Br)c1. The molecule has 0 saturated heterocycles. The average molecular weight is 337 g/mol. The summed E-state index contributed by atoms with van der Waals surface area (Å²) < 4.78 is 27.0. The van der Waals surface area contributed by atoms with Crippen molar-refractivity contribution in [1.29, 1.82) is 0 Å². The molecule has 0 aliphatic rings. The summed E-state index contributed by atoms with van der Waals surface area (Å²) >= 11 is 10.0. The van der Waals surface area contributed by atoms with Gasteiger partial charge in [-0.3, -0.25) is 0 Å². The predicted molar refractivity (Wildman–Crippen MR) is 67.4 cm³/mol. The first kappa shape index (κ1) is 12.8. The fourth-order valence-electron chi connectivity index (χ4n) is 1.14. The zero-order chi connectivity index (χ0) is 12.4. The first-order valence-electron chi connectivity index (χ1n) is 4.50. The molecule has 6 heteroatoms. The number of pyridine rings is 1. The molecule has 0 spiro atoms. The van der Waals surface area contributed by atoms with Crippen LogP contribution in [0.2, 0.25) is 5.02 Å². The van der Waals surface area contributed by atoms with Gasteiger partial charge in [0.2, 0.25) is 0 Å². The van der Waals surface area contributed by atoms with Crippen molar-refractivity contribution >= 4 is 39.3 Å². The molecule has 1 heterocycles. The normalized spacial score (nSPS) is 10.6. The molecule has 88 valence electrons. The number of rotatable bonds is 2. The topological polar surface area (TPSA) is 12.9 Å². The maximum Gasteiger partial charge on any atom is 0.137 e. The van der Waals surface area contributed by atoms with Crippen LogP contribution < -0.4 is 0 Å². The highest BCUT2D eigenvalue weighted by molar-refractivity contribution is 9.10. The lowest BCUT2D eigenvalue weighted by molar-refractivity contribution is 0.577. The van der Waals surface area contributed by atoms with E-state index in [0.717, 1.165) is 30.0 Å². The molecule has 1 aromatic carbocycles. The highest BCUT2D eigenvalue weighted by Gasteiger charge is 2.09. The quantitative estimate of drug-likeness (QED) is 0.771. The van der Waals surface area contributed by atoms with E-state index in [-0.39, 0.29) is 4.90 Å². The van der Waals surface area contributed by atoms with Gasteiger partial charge in [-0.25, -0.2) is 13.8 Å². The molecule has 0 atom stereocenters. The summed E-state index contributed by atoms with van der Waals surface area (Å²) in [7, 11) is 0. The average Bonchev–Trinajstić information content (AvgIpc) is 2.27. The first-order valence-corrected chi connectivity index (χ1v) is 6.49. The molecule has 0 fully saturated rings. The molecule has 0 N–H and O–H groups in total. The van der Waals surface area contributed by atoms with Gasteiger partial charge in [0, 0.05) is 6.20 Å². The van der Waals surface area contributed by atoms with Crippen LogP contribution in [0, 0.1) is 11.6 Å². The molecule has 0 aliphatic carbocycles.